The van der Waals surface area contributed by atoms with Crippen LogP contribution in [-0.2, 0) is 16.7 Å². The molecule has 0 aliphatic heterocycles. The summed E-state index contributed by atoms with van der Waals surface area (Å²) in [4.78, 5) is 20.8. The van der Waals surface area contributed by atoms with E-state index in [1.165, 1.54) is 37.7 Å². The molecule has 3 aromatic rings. The van der Waals surface area contributed by atoms with Gasteiger partial charge >= 0.3 is 12.1 Å². The molecule has 0 unspecified atom stereocenters. The van der Waals surface area contributed by atoms with Crippen LogP contribution < -0.4 is 4.74 Å². The average Bonchev–Trinajstić information content (AvgIpc) is 2.73. The molecule has 1 heterocycles. The first-order chi connectivity index (χ1) is 15.0. The molecule has 5 nitrogen and oxygen atoms in total. The maximum absolute atomic E-state index is 12.7. The van der Waals surface area contributed by atoms with Crippen molar-refractivity contribution in [3.63, 3.8) is 0 Å². The van der Waals surface area contributed by atoms with Gasteiger partial charge in [-0.25, -0.2) is 14.8 Å². The molecule has 0 amide bonds. The maximum Gasteiger partial charge on any atom is 0.416 e. The molecule has 2 aromatic carbocycles. The zero-order valence-electron chi connectivity index (χ0n) is 17.6. The zero-order chi connectivity index (χ0) is 23.5. The molecule has 0 aliphatic rings. The van der Waals surface area contributed by atoms with E-state index < -0.39 is 23.3 Å². The van der Waals surface area contributed by atoms with Gasteiger partial charge in [0.2, 0.25) is 0 Å². The lowest BCUT2D eigenvalue weighted by atomic mass is 10.1. The van der Waals surface area contributed by atoms with Gasteiger partial charge < -0.3 is 9.84 Å². The summed E-state index contributed by atoms with van der Waals surface area (Å²) in [6.07, 6.45) is -2.81. The molecule has 0 aliphatic carbocycles. The molecule has 0 radical (unpaired) electrons. The highest BCUT2D eigenvalue weighted by atomic mass is 32.2. The van der Waals surface area contributed by atoms with Crippen LogP contribution in [0.25, 0.3) is 11.4 Å². The Labute approximate surface area is 187 Å². The number of aryl methyl sites for hydroxylation is 1. The van der Waals surface area contributed by atoms with Gasteiger partial charge in [-0.2, -0.15) is 13.2 Å². The van der Waals surface area contributed by atoms with E-state index in [9.17, 15) is 23.1 Å². The van der Waals surface area contributed by atoms with E-state index in [1.807, 2.05) is 19.1 Å². The lowest BCUT2D eigenvalue weighted by Gasteiger charge is -2.23. The molecule has 1 N–H and O–H groups in total. The minimum absolute atomic E-state index is 0.354. The normalized spacial score (nSPS) is 11.9. The first kappa shape index (κ1) is 23.6. The van der Waals surface area contributed by atoms with Crippen LogP contribution >= 0.6 is 11.8 Å². The number of aromatic nitrogens is 2. The van der Waals surface area contributed by atoms with Crippen molar-refractivity contribution < 1.29 is 27.8 Å². The van der Waals surface area contributed by atoms with Crippen molar-refractivity contribution >= 4 is 17.7 Å². The summed E-state index contributed by atoms with van der Waals surface area (Å²) in [5.41, 5.74) is -0.0252. The van der Waals surface area contributed by atoms with Crippen molar-refractivity contribution in [2.75, 3.05) is 0 Å². The van der Waals surface area contributed by atoms with Gasteiger partial charge in [0.25, 0.3) is 0 Å². The number of alkyl halides is 3. The second-order valence-corrected chi connectivity index (χ2v) is 8.63. The van der Waals surface area contributed by atoms with Gasteiger partial charge in [0.05, 0.1) is 11.3 Å². The Morgan fingerprint density at radius 2 is 1.78 bits per heavy atom. The standard InChI is InChI=1S/C23H21F3N2O3S/c1-14-12-18(8-9-19(14)31-22(2,3)21(29)30)32-13-17-10-11-27-20(28-17)15-4-6-16(7-5-15)23(24,25)26/h4-12H,13H2,1-3H3,(H,29,30). The lowest BCUT2D eigenvalue weighted by Crippen LogP contribution is -2.38. The van der Waals surface area contributed by atoms with Gasteiger partial charge in [0.15, 0.2) is 11.4 Å². The fourth-order valence-electron chi connectivity index (χ4n) is 2.73. The number of carboxylic acid groups (broad SMARTS) is 1. The zero-order valence-corrected chi connectivity index (χ0v) is 18.4. The van der Waals surface area contributed by atoms with Gasteiger partial charge in [-0.1, -0.05) is 12.1 Å². The first-order valence-corrected chi connectivity index (χ1v) is 10.6. The number of aliphatic carboxylic acids is 1. The monoisotopic (exact) mass is 462 g/mol. The Morgan fingerprint density at radius 3 is 2.38 bits per heavy atom. The fourth-order valence-corrected chi connectivity index (χ4v) is 3.63. The van der Waals surface area contributed by atoms with Crippen LogP contribution in [0, 0.1) is 6.92 Å². The summed E-state index contributed by atoms with van der Waals surface area (Å²) in [6.45, 7) is 4.81. The van der Waals surface area contributed by atoms with E-state index in [-0.39, 0.29) is 0 Å². The smallest absolute Gasteiger partial charge is 0.416 e. The van der Waals surface area contributed by atoms with Crippen molar-refractivity contribution in [3.05, 3.63) is 71.5 Å². The molecule has 0 fully saturated rings. The highest BCUT2D eigenvalue weighted by Crippen LogP contribution is 2.31. The molecule has 168 valence electrons. The highest BCUT2D eigenvalue weighted by Gasteiger charge is 2.30. The minimum atomic E-state index is -4.39. The quantitative estimate of drug-likeness (QED) is 0.434. The van der Waals surface area contributed by atoms with Crippen molar-refractivity contribution in [2.24, 2.45) is 0 Å². The lowest BCUT2D eigenvalue weighted by molar-refractivity contribution is -0.152. The van der Waals surface area contributed by atoms with E-state index in [0.717, 1.165) is 28.3 Å². The van der Waals surface area contributed by atoms with Crippen LogP contribution in [0.1, 0.15) is 30.7 Å². The molecule has 32 heavy (non-hydrogen) atoms. The van der Waals surface area contributed by atoms with Crippen LogP contribution in [-0.4, -0.2) is 26.6 Å². The third-order valence-electron chi connectivity index (χ3n) is 4.60. The Bertz CT molecular complexity index is 1120. The summed E-state index contributed by atoms with van der Waals surface area (Å²) in [7, 11) is 0. The van der Waals surface area contributed by atoms with E-state index in [2.05, 4.69) is 9.97 Å². The summed E-state index contributed by atoms with van der Waals surface area (Å²) in [5.74, 6) is 0.320. The second-order valence-electron chi connectivity index (χ2n) is 7.58. The summed E-state index contributed by atoms with van der Waals surface area (Å²) >= 11 is 1.52. The molecule has 1 aromatic heterocycles. The predicted octanol–water partition coefficient (Wildman–Crippen LogP) is 6.01. The SMILES string of the molecule is Cc1cc(SCc2ccnc(-c3ccc(C(F)(F)F)cc3)n2)ccc1OC(C)(C)C(=O)O. The van der Waals surface area contributed by atoms with E-state index in [1.54, 1.807) is 18.3 Å². The summed E-state index contributed by atoms with van der Waals surface area (Å²) in [6, 6.07) is 12.0. The number of ether oxygens (including phenoxy) is 1. The van der Waals surface area contributed by atoms with Crippen molar-refractivity contribution in [1.29, 1.82) is 0 Å². The summed E-state index contributed by atoms with van der Waals surface area (Å²) in [5, 5.41) is 9.22. The van der Waals surface area contributed by atoms with Crippen LogP contribution in [0.15, 0.2) is 59.6 Å². The number of hydrogen-bond acceptors (Lipinski definition) is 5. The number of carboxylic acids is 1. The molecule has 0 spiro atoms. The predicted molar refractivity (Wildman–Crippen MR) is 116 cm³/mol. The molecule has 0 saturated heterocycles. The maximum atomic E-state index is 12.7. The molecule has 3 rings (SSSR count). The average molecular weight is 462 g/mol. The van der Waals surface area contributed by atoms with Gasteiger partial charge in [-0.3, -0.25) is 0 Å². The van der Waals surface area contributed by atoms with Gasteiger partial charge in [-0.15, -0.1) is 11.8 Å². The van der Waals surface area contributed by atoms with Gasteiger partial charge in [0.1, 0.15) is 5.75 Å². The van der Waals surface area contributed by atoms with Crippen LogP contribution in [0.4, 0.5) is 13.2 Å². The van der Waals surface area contributed by atoms with Gasteiger partial charge in [0, 0.05) is 22.4 Å². The molecule has 9 heteroatoms. The Hall–Kier alpha value is -3.07. The van der Waals surface area contributed by atoms with Crippen molar-refractivity contribution in [2.45, 2.75) is 43.2 Å². The molecule has 0 saturated carbocycles. The van der Waals surface area contributed by atoms with E-state index >= 15 is 0 Å². The Morgan fingerprint density at radius 1 is 1.09 bits per heavy atom. The number of thioether (sulfide) groups is 1. The fraction of sp³-hybridized carbons (Fsp3) is 0.261. The first-order valence-electron chi connectivity index (χ1n) is 9.61. The number of hydrogen-bond donors (Lipinski definition) is 1. The largest absolute Gasteiger partial charge is 0.478 e. The molecule has 0 atom stereocenters. The summed E-state index contributed by atoms with van der Waals surface area (Å²) < 4.78 is 43.9. The van der Waals surface area contributed by atoms with E-state index in [4.69, 9.17) is 4.74 Å². The minimum Gasteiger partial charge on any atom is -0.478 e. The van der Waals surface area contributed by atoms with E-state index in [0.29, 0.717) is 22.9 Å². The van der Waals surface area contributed by atoms with Crippen LogP contribution in [0.5, 0.6) is 5.75 Å². The number of rotatable bonds is 7. The number of benzene rings is 2. The molecule has 0 bridgehead atoms. The second kappa shape index (κ2) is 9.20. The molecular weight excluding hydrogens is 441 g/mol. The van der Waals surface area contributed by atoms with Crippen LogP contribution in [0.2, 0.25) is 0 Å². The highest BCUT2D eigenvalue weighted by molar-refractivity contribution is 7.98. The number of halogens is 3. The number of carbonyl (C=O) groups is 1. The van der Waals surface area contributed by atoms with Crippen LogP contribution in [0.3, 0.4) is 0 Å². The third kappa shape index (κ3) is 5.79. The van der Waals surface area contributed by atoms with Crippen molar-refractivity contribution in [1.82, 2.24) is 9.97 Å². The van der Waals surface area contributed by atoms with Gasteiger partial charge in [-0.05, 0) is 62.7 Å². The Kier molecular flexibility index (Phi) is 6.78. The molecular formula is C23H21F3N2O3S. The number of nitrogens with zero attached hydrogens (tertiary/aromatic N) is 2. The van der Waals surface area contributed by atoms with Crippen molar-refractivity contribution in [3.8, 4) is 17.1 Å². The third-order valence-corrected chi connectivity index (χ3v) is 5.62. The topological polar surface area (TPSA) is 72.3 Å². The Balaban J connectivity index is 1.69.